The maximum atomic E-state index is 13.2. The van der Waals surface area contributed by atoms with Crippen LogP contribution in [0.25, 0.3) is 10.8 Å². The molecule has 0 N–H and O–H groups in total. The number of benzene rings is 3. The molecule has 0 aliphatic rings. The zero-order chi connectivity index (χ0) is 18.0. The largest absolute Gasteiger partial charge is 0.416 e. The van der Waals surface area contributed by atoms with Crippen molar-refractivity contribution < 1.29 is 13.2 Å². The molecule has 0 aromatic heterocycles. The Morgan fingerprint density at radius 2 is 1.52 bits per heavy atom. The molecule has 0 radical (unpaired) electrons. The monoisotopic (exact) mass is 343 g/mol. The van der Waals surface area contributed by atoms with E-state index in [4.69, 9.17) is 0 Å². The Balaban J connectivity index is 1.90. The highest BCUT2D eigenvalue weighted by Crippen LogP contribution is 2.34. The molecule has 0 aliphatic carbocycles. The summed E-state index contributed by atoms with van der Waals surface area (Å²) in [6.07, 6.45) is -4.33. The van der Waals surface area contributed by atoms with Gasteiger partial charge in [0.25, 0.3) is 0 Å². The van der Waals surface area contributed by atoms with Gasteiger partial charge in [0.1, 0.15) is 0 Å². The van der Waals surface area contributed by atoms with E-state index in [1.54, 1.807) is 12.1 Å². The number of fused-ring (bicyclic) bond motifs is 1. The average molecular weight is 343 g/mol. The molecule has 4 heteroatoms. The van der Waals surface area contributed by atoms with Crippen LogP contribution in [0.3, 0.4) is 0 Å². The van der Waals surface area contributed by atoms with Crippen LogP contribution in [0.5, 0.6) is 0 Å². The van der Waals surface area contributed by atoms with Gasteiger partial charge in [-0.25, -0.2) is 0 Å². The lowest BCUT2D eigenvalue weighted by Gasteiger charge is -2.27. The number of halogens is 3. The highest BCUT2D eigenvalue weighted by atomic mass is 19.4. The minimum Gasteiger partial charge on any atom is -0.295 e. The van der Waals surface area contributed by atoms with Gasteiger partial charge in [-0.05, 0) is 41.9 Å². The van der Waals surface area contributed by atoms with Gasteiger partial charge < -0.3 is 0 Å². The number of nitrogens with zero attached hydrogens (tertiary/aromatic N) is 1. The zero-order valence-electron chi connectivity index (χ0n) is 14.2. The zero-order valence-corrected chi connectivity index (χ0v) is 14.2. The van der Waals surface area contributed by atoms with Crippen molar-refractivity contribution in [3.8, 4) is 0 Å². The second-order valence-electron chi connectivity index (χ2n) is 6.31. The van der Waals surface area contributed by atoms with Crippen LogP contribution in [0.15, 0.2) is 66.7 Å². The van der Waals surface area contributed by atoms with Crippen LogP contribution in [0.2, 0.25) is 0 Å². The molecule has 0 unspecified atom stereocenters. The molecule has 25 heavy (non-hydrogen) atoms. The normalized spacial score (nSPS) is 13.4. The van der Waals surface area contributed by atoms with Crippen LogP contribution < -0.4 is 0 Å². The molecular formula is C21H20F3N. The number of hydrogen-bond acceptors (Lipinski definition) is 1. The lowest BCUT2D eigenvalue weighted by atomic mass is 9.98. The molecule has 0 saturated carbocycles. The van der Waals surface area contributed by atoms with Crippen molar-refractivity contribution in [2.45, 2.75) is 25.7 Å². The summed E-state index contributed by atoms with van der Waals surface area (Å²) in [5.41, 5.74) is 0.849. The lowest BCUT2D eigenvalue weighted by Crippen LogP contribution is -2.24. The molecule has 0 heterocycles. The molecular weight excluding hydrogens is 323 g/mol. The van der Waals surface area contributed by atoms with Gasteiger partial charge in [0.05, 0.1) is 5.56 Å². The van der Waals surface area contributed by atoms with Crippen molar-refractivity contribution in [3.63, 3.8) is 0 Å². The quantitative estimate of drug-likeness (QED) is 0.557. The van der Waals surface area contributed by atoms with Crippen molar-refractivity contribution >= 4 is 10.8 Å². The van der Waals surface area contributed by atoms with E-state index in [1.807, 2.05) is 55.3 Å². The van der Waals surface area contributed by atoms with Gasteiger partial charge in [0, 0.05) is 12.6 Å². The summed E-state index contributed by atoms with van der Waals surface area (Å²) < 4.78 is 39.6. The van der Waals surface area contributed by atoms with Gasteiger partial charge in [-0.15, -0.1) is 0 Å². The van der Waals surface area contributed by atoms with E-state index < -0.39 is 11.7 Å². The minimum atomic E-state index is -4.33. The summed E-state index contributed by atoms with van der Waals surface area (Å²) >= 11 is 0. The van der Waals surface area contributed by atoms with Gasteiger partial charge in [-0.3, -0.25) is 4.90 Å². The Labute approximate surface area is 145 Å². The van der Waals surface area contributed by atoms with E-state index in [1.165, 1.54) is 6.07 Å². The highest BCUT2D eigenvalue weighted by molar-refractivity contribution is 5.86. The topological polar surface area (TPSA) is 3.24 Å². The maximum Gasteiger partial charge on any atom is 0.416 e. The first-order valence-electron chi connectivity index (χ1n) is 8.21. The smallest absolute Gasteiger partial charge is 0.295 e. The van der Waals surface area contributed by atoms with Crippen molar-refractivity contribution in [1.82, 2.24) is 4.90 Å². The fourth-order valence-corrected chi connectivity index (χ4v) is 3.19. The molecule has 1 nitrogen and oxygen atoms in total. The Morgan fingerprint density at radius 3 is 2.28 bits per heavy atom. The molecule has 3 rings (SSSR count). The molecule has 0 spiro atoms. The number of hydrogen-bond donors (Lipinski definition) is 0. The van der Waals surface area contributed by atoms with Crippen LogP contribution in [0, 0.1) is 0 Å². The third kappa shape index (κ3) is 3.69. The van der Waals surface area contributed by atoms with Gasteiger partial charge in [-0.2, -0.15) is 13.2 Å². The summed E-state index contributed by atoms with van der Waals surface area (Å²) in [4.78, 5) is 1.95. The second kappa shape index (κ2) is 6.89. The summed E-state index contributed by atoms with van der Waals surface area (Å²) in [5, 5.41) is 2.27. The molecule has 0 fully saturated rings. The van der Waals surface area contributed by atoms with Crippen molar-refractivity contribution in [2.24, 2.45) is 0 Å². The van der Waals surface area contributed by atoms with Gasteiger partial charge in [0.15, 0.2) is 0 Å². The summed E-state index contributed by atoms with van der Waals surface area (Å²) in [6.45, 7) is 2.26. The average Bonchev–Trinajstić information content (AvgIpc) is 2.60. The van der Waals surface area contributed by atoms with E-state index in [0.717, 1.165) is 22.4 Å². The Kier molecular flexibility index (Phi) is 4.82. The van der Waals surface area contributed by atoms with Crippen LogP contribution in [-0.2, 0) is 12.7 Å². The van der Waals surface area contributed by atoms with Crippen molar-refractivity contribution in [1.29, 1.82) is 0 Å². The van der Waals surface area contributed by atoms with Gasteiger partial charge in [-0.1, -0.05) is 60.7 Å². The first-order valence-corrected chi connectivity index (χ1v) is 8.21. The fourth-order valence-electron chi connectivity index (χ4n) is 3.19. The Morgan fingerprint density at radius 1 is 0.880 bits per heavy atom. The van der Waals surface area contributed by atoms with Crippen LogP contribution in [-0.4, -0.2) is 11.9 Å². The van der Waals surface area contributed by atoms with Crippen molar-refractivity contribution in [2.75, 3.05) is 7.05 Å². The molecule has 0 saturated heterocycles. The van der Waals surface area contributed by atoms with Crippen LogP contribution >= 0.6 is 0 Å². The third-order valence-electron chi connectivity index (χ3n) is 4.68. The minimum absolute atomic E-state index is 0.00705. The molecule has 0 bridgehead atoms. The second-order valence-corrected chi connectivity index (χ2v) is 6.31. The van der Waals surface area contributed by atoms with Crippen LogP contribution in [0.1, 0.15) is 29.7 Å². The summed E-state index contributed by atoms with van der Waals surface area (Å²) in [5.74, 6) is 0. The van der Waals surface area contributed by atoms with E-state index in [9.17, 15) is 13.2 Å². The van der Waals surface area contributed by atoms with Crippen molar-refractivity contribution in [3.05, 3.63) is 83.4 Å². The number of rotatable bonds is 4. The number of alkyl halides is 3. The predicted octanol–water partition coefficient (Wildman–Crippen LogP) is 6.05. The van der Waals surface area contributed by atoms with Gasteiger partial charge >= 0.3 is 6.18 Å². The first-order chi connectivity index (χ1) is 11.9. The SMILES string of the molecule is C[C@H](c1cccc2ccccc12)N(C)Cc1ccccc1C(F)(F)F. The summed E-state index contributed by atoms with van der Waals surface area (Å²) in [7, 11) is 1.86. The van der Waals surface area contributed by atoms with E-state index >= 15 is 0 Å². The molecule has 0 amide bonds. The van der Waals surface area contributed by atoms with Crippen LogP contribution in [0.4, 0.5) is 13.2 Å². The molecule has 3 aromatic rings. The van der Waals surface area contributed by atoms with E-state index in [0.29, 0.717) is 5.56 Å². The fraction of sp³-hybridized carbons (Fsp3) is 0.238. The van der Waals surface area contributed by atoms with E-state index in [-0.39, 0.29) is 12.6 Å². The molecule has 130 valence electrons. The van der Waals surface area contributed by atoms with Gasteiger partial charge in [0.2, 0.25) is 0 Å². The lowest BCUT2D eigenvalue weighted by molar-refractivity contribution is -0.138. The maximum absolute atomic E-state index is 13.2. The Hall–Kier alpha value is -2.33. The first kappa shape index (κ1) is 17.5. The molecule has 3 aromatic carbocycles. The standard InChI is InChI=1S/C21H20F3N/c1-15(18-12-7-10-16-8-3-5-11-19(16)18)25(2)14-17-9-4-6-13-20(17)21(22,23)24/h3-13,15H,14H2,1-2H3/t15-/m1/s1. The third-order valence-corrected chi connectivity index (χ3v) is 4.68. The molecule has 1 atom stereocenters. The van der Waals surface area contributed by atoms with E-state index in [2.05, 4.69) is 6.07 Å². The summed E-state index contributed by atoms with van der Waals surface area (Å²) in [6, 6.07) is 19.9. The highest BCUT2D eigenvalue weighted by Gasteiger charge is 2.33. The molecule has 0 aliphatic heterocycles. The predicted molar refractivity (Wildman–Crippen MR) is 95.3 cm³/mol. The Bertz CT molecular complexity index is 865.